The van der Waals surface area contributed by atoms with Gasteiger partial charge in [-0.05, 0) is 29.6 Å². The lowest BCUT2D eigenvalue weighted by Crippen LogP contribution is -2.44. The second-order valence-corrected chi connectivity index (χ2v) is 5.94. The third-order valence-corrected chi connectivity index (χ3v) is 4.36. The van der Waals surface area contributed by atoms with Crippen LogP contribution in [-0.2, 0) is 4.74 Å². The summed E-state index contributed by atoms with van der Waals surface area (Å²) in [5, 5.41) is 8.50. The van der Waals surface area contributed by atoms with Crippen molar-refractivity contribution in [2.45, 2.75) is 6.04 Å². The Morgan fingerprint density at radius 3 is 2.86 bits per heavy atom. The zero-order chi connectivity index (χ0) is 15.2. The van der Waals surface area contributed by atoms with Gasteiger partial charge in [-0.25, -0.2) is 4.79 Å². The quantitative estimate of drug-likeness (QED) is 0.888. The summed E-state index contributed by atoms with van der Waals surface area (Å²) in [6.07, 6.45) is 1.66. The molecule has 1 aliphatic heterocycles. The van der Waals surface area contributed by atoms with Crippen molar-refractivity contribution in [2.24, 2.45) is 0 Å². The van der Waals surface area contributed by atoms with Crippen LogP contribution in [0.5, 0.6) is 0 Å². The van der Waals surface area contributed by atoms with E-state index >= 15 is 0 Å². The lowest BCUT2D eigenvalue weighted by Gasteiger charge is -2.33. The maximum Gasteiger partial charge on any atom is 0.319 e. The molecule has 0 saturated carbocycles. The number of carbonyl (C=O) groups excluding carboxylic acids is 1. The molecule has 0 aliphatic carbocycles. The van der Waals surface area contributed by atoms with Crippen LogP contribution >= 0.6 is 11.3 Å². The van der Waals surface area contributed by atoms with Crippen LogP contribution < -0.4 is 10.6 Å². The number of nitrogens with zero attached hydrogens (tertiary/aromatic N) is 1. The van der Waals surface area contributed by atoms with E-state index in [1.165, 1.54) is 11.3 Å². The predicted molar refractivity (Wildman–Crippen MR) is 85.2 cm³/mol. The highest BCUT2D eigenvalue weighted by Gasteiger charge is 2.25. The van der Waals surface area contributed by atoms with Gasteiger partial charge in [-0.3, -0.25) is 10.2 Å². The molecule has 0 aromatic carbocycles. The Hall–Kier alpha value is -1.83. The third kappa shape index (κ3) is 3.88. The molecule has 2 aromatic rings. The summed E-state index contributed by atoms with van der Waals surface area (Å²) in [7, 11) is 0. The number of anilines is 1. The maximum atomic E-state index is 12.0. The topological polar surface area (TPSA) is 66.7 Å². The van der Waals surface area contributed by atoms with Crippen molar-refractivity contribution in [2.75, 3.05) is 38.2 Å². The van der Waals surface area contributed by atoms with Gasteiger partial charge in [-0.2, -0.15) is 0 Å². The normalized spacial score (nSPS) is 17.1. The van der Waals surface area contributed by atoms with Crippen LogP contribution in [0.3, 0.4) is 0 Å². The van der Waals surface area contributed by atoms with Gasteiger partial charge in [0.2, 0.25) is 0 Å². The molecular weight excluding hydrogens is 302 g/mol. The fraction of sp³-hybridized carbons (Fsp3) is 0.400. The zero-order valence-corrected chi connectivity index (χ0v) is 13.0. The summed E-state index contributed by atoms with van der Waals surface area (Å²) >= 11 is 1.49. The molecule has 2 N–H and O–H groups in total. The van der Waals surface area contributed by atoms with E-state index in [0.717, 1.165) is 23.9 Å². The minimum atomic E-state index is -0.202. The molecule has 2 amide bonds. The minimum Gasteiger partial charge on any atom is -0.468 e. The van der Waals surface area contributed by atoms with Crippen LogP contribution in [-0.4, -0.2) is 43.8 Å². The Labute approximate surface area is 133 Å². The minimum absolute atomic E-state index is 0.0213. The van der Waals surface area contributed by atoms with Crippen molar-refractivity contribution < 1.29 is 13.9 Å². The molecule has 22 heavy (non-hydrogen) atoms. The number of amides is 2. The van der Waals surface area contributed by atoms with Gasteiger partial charge in [0.15, 0.2) is 0 Å². The average molecular weight is 321 g/mol. The van der Waals surface area contributed by atoms with Gasteiger partial charge >= 0.3 is 6.03 Å². The predicted octanol–water partition coefficient (Wildman–Crippen LogP) is 2.54. The Morgan fingerprint density at radius 1 is 1.32 bits per heavy atom. The van der Waals surface area contributed by atoms with Crippen LogP contribution in [0.25, 0.3) is 0 Å². The first-order valence-corrected chi connectivity index (χ1v) is 8.14. The Bertz CT molecular complexity index is 565. The molecule has 2 aromatic heterocycles. The lowest BCUT2D eigenvalue weighted by molar-refractivity contribution is 0.0124. The van der Waals surface area contributed by atoms with E-state index in [1.54, 1.807) is 6.26 Å². The highest BCUT2D eigenvalue weighted by atomic mass is 32.1. The number of ether oxygens (including phenoxy) is 1. The average Bonchev–Trinajstić information content (AvgIpc) is 3.22. The van der Waals surface area contributed by atoms with Gasteiger partial charge in [0.05, 0.1) is 30.5 Å². The van der Waals surface area contributed by atoms with Crippen molar-refractivity contribution in [3.63, 3.8) is 0 Å². The van der Waals surface area contributed by atoms with Crippen molar-refractivity contribution in [1.82, 2.24) is 10.2 Å². The molecule has 6 nitrogen and oxygen atoms in total. The molecular formula is C15H19N3O3S. The van der Waals surface area contributed by atoms with Crippen LogP contribution in [0.4, 0.5) is 9.80 Å². The number of carbonyl (C=O) groups is 1. The fourth-order valence-electron chi connectivity index (χ4n) is 2.47. The van der Waals surface area contributed by atoms with E-state index < -0.39 is 0 Å². The van der Waals surface area contributed by atoms with E-state index in [0.29, 0.717) is 19.8 Å². The van der Waals surface area contributed by atoms with E-state index in [9.17, 15) is 4.79 Å². The second kappa shape index (κ2) is 7.44. The number of rotatable bonds is 5. The van der Waals surface area contributed by atoms with Crippen LogP contribution in [0.2, 0.25) is 0 Å². The standard InChI is InChI=1S/C15H19N3O3S/c19-15(17-14-4-2-10-22-14)16-11-12(13-3-1-7-21-13)18-5-8-20-9-6-18/h1-4,7,10,12H,5-6,8-9,11H2,(H2,16,17,19)/t12-/m0/s1. The van der Waals surface area contributed by atoms with E-state index in [4.69, 9.17) is 9.15 Å². The summed E-state index contributed by atoms with van der Waals surface area (Å²) in [6, 6.07) is 7.41. The van der Waals surface area contributed by atoms with Crippen molar-refractivity contribution in [3.05, 3.63) is 41.7 Å². The molecule has 0 radical (unpaired) electrons. The number of morpholine rings is 1. The number of nitrogens with one attached hydrogen (secondary N) is 2. The van der Waals surface area contributed by atoms with Crippen molar-refractivity contribution >= 4 is 22.4 Å². The molecule has 1 aliphatic rings. The molecule has 118 valence electrons. The summed E-state index contributed by atoms with van der Waals surface area (Å²) in [5.41, 5.74) is 0. The monoisotopic (exact) mass is 321 g/mol. The Balaban J connectivity index is 1.59. The van der Waals surface area contributed by atoms with Crippen LogP contribution in [0.15, 0.2) is 40.3 Å². The van der Waals surface area contributed by atoms with Crippen LogP contribution in [0, 0.1) is 0 Å². The molecule has 1 saturated heterocycles. The molecule has 1 atom stereocenters. The number of furan rings is 1. The largest absolute Gasteiger partial charge is 0.468 e. The Kier molecular flexibility index (Phi) is 5.10. The van der Waals surface area contributed by atoms with Gasteiger partial charge < -0.3 is 14.5 Å². The first-order chi connectivity index (χ1) is 10.8. The summed E-state index contributed by atoms with van der Waals surface area (Å²) in [5.74, 6) is 0.860. The van der Waals surface area contributed by atoms with Gasteiger partial charge in [-0.1, -0.05) is 0 Å². The molecule has 0 spiro atoms. The molecule has 3 heterocycles. The second-order valence-electron chi connectivity index (χ2n) is 4.99. The van der Waals surface area contributed by atoms with E-state index in [-0.39, 0.29) is 12.1 Å². The highest BCUT2D eigenvalue weighted by Crippen LogP contribution is 2.22. The lowest BCUT2D eigenvalue weighted by atomic mass is 10.1. The van der Waals surface area contributed by atoms with Gasteiger partial charge in [-0.15, -0.1) is 11.3 Å². The van der Waals surface area contributed by atoms with Crippen LogP contribution in [0.1, 0.15) is 11.8 Å². The van der Waals surface area contributed by atoms with Gasteiger partial charge in [0.1, 0.15) is 5.76 Å². The fourth-order valence-corrected chi connectivity index (χ4v) is 3.09. The smallest absolute Gasteiger partial charge is 0.319 e. The maximum absolute atomic E-state index is 12.0. The highest BCUT2D eigenvalue weighted by molar-refractivity contribution is 7.14. The zero-order valence-electron chi connectivity index (χ0n) is 12.2. The van der Waals surface area contributed by atoms with Gasteiger partial charge in [0, 0.05) is 19.6 Å². The third-order valence-electron chi connectivity index (χ3n) is 3.57. The SMILES string of the molecule is O=C(NC[C@@H](c1ccco1)N1CCOCC1)Nc1cccs1. The molecule has 0 unspecified atom stereocenters. The summed E-state index contributed by atoms with van der Waals surface area (Å²) < 4.78 is 10.9. The summed E-state index contributed by atoms with van der Waals surface area (Å²) in [6.45, 7) is 3.57. The Morgan fingerprint density at radius 2 is 2.18 bits per heavy atom. The molecule has 7 heteroatoms. The van der Waals surface area contributed by atoms with Crippen molar-refractivity contribution in [1.29, 1.82) is 0 Å². The molecule has 3 rings (SSSR count). The van der Waals surface area contributed by atoms with E-state index in [1.807, 2.05) is 29.6 Å². The number of thiophene rings is 1. The summed E-state index contributed by atoms with van der Waals surface area (Å²) in [4.78, 5) is 14.2. The first-order valence-electron chi connectivity index (χ1n) is 7.26. The number of hydrogen-bond acceptors (Lipinski definition) is 5. The number of hydrogen-bond donors (Lipinski definition) is 2. The number of urea groups is 1. The van der Waals surface area contributed by atoms with Gasteiger partial charge in [0.25, 0.3) is 0 Å². The first kappa shape index (κ1) is 15.1. The molecule has 1 fully saturated rings. The van der Waals surface area contributed by atoms with Crippen molar-refractivity contribution in [3.8, 4) is 0 Å². The van der Waals surface area contributed by atoms with E-state index in [2.05, 4.69) is 15.5 Å². The molecule has 0 bridgehead atoms.